The van der Waals surface area contributed by atoms with Crippen LogP contribution in [0.25, 0.3) is 11.1 Å². The molecule has 1 aliphatic rings. The van der Waals surface area contributed by atoms with Gasteiger partial charge in [0.05, 0.1) is 11.0 Å². The molecular formula is C25H23ClO2. The number of allylic oxidation sites excluding steroid dienone is 2. The number of alkyl halides is 1. The summed E-state index contributed by atoms with van der Waals surface area (Å²) < 4.78 is 0. The molecule has 2 nitrogen and oxygen atoms in total. The van der Waals surface area contributed by atoms with Crippen molar-refractivity contribution in [2.75, 3.05) is 0 Å². The summed E-state index contributed by atoms with van der Waals surface area (Å²) in [7, 11) is 0. The SMILES string of the molecule is OC1C=CC=CC1(Cl)Cc1ccccc1.Oc1ccccc1-c1ccccc1. The fraction of sp³-hybridized carbons (Fsp3) is 0.120. The lowest BCUT2D eigenvalue weighted by molar-refractivity contribution is 0.188. The van der Waals surface area contributed by atoms with Crippen molar-refractivity contribution in [3.63, 3.8) is 0 Å². The molecule has 2 atom stereocenters. The predicted molar refractivity (Wildman–Crippen MR) is 117 cm³/mol. The average Bonchev–Trinajstić information content (AvgIpc) is 2.73. The minimum absolute atomic E-state index is 0.328. The molecule has 1 aliphatic carbocycles. The molecule has 2 unspecified atom stereocenters. The van der Waals surface area contributed by atoms with Crippen molar-refractivity contribution in [1.82, 2.24) is 0 Å². The molecule has 4 rings (SSSR count). The van der Waals surface area contributed by atoms with Crippen LogP contribution >= 0.6 is 11.6 Å². The van der Waals surface area contributed by atoms with Crippen molar-refractivity contribution < 1.29 is 10.2 Å². The van der Waals surface area contributed by atoms with Gasteiger partial charge in [0.25, 0.3) is 0 Å². The molecule has 0 bridgehead atoms. The van der Waals surface area contributed by atoms with Gasteiger partial charge in [-0.1, -0.05) is 103 Å². The fourth-order valence-corrected chi connectivity index (χ4v) is 3.35. The number of rotatable bonds is 3. The van der Waals surface area contributed by atoms with Gasteiger partial charge in [-0.3, -0.25) is 0 Å². The topological polar surface area (TPSA) is 40.5 Å². The third-order valence-corrected chi connectivity index (χ3v) is 5.06. The lowest BCUT2D eigenvalue weighted by atomic mass is 9.90. The number of aliphatic hydroxyl groups is 1. The maximum absolute atomic E-state index is 9.82. The first kappa shape index (κ1) is 19.9. The van der Waals surface area contributed by atoms with Crippen LogP contribution < -0.4 is 0 Å². The van der Waals surface area contributed by atoms with Gasteiger partial charge in [-0.2, -0.15) is 0 Å². The Balaban J connectivity index is 0.000000162. The van der Waals surface area contributed by atoms with Crippen molar-refractivity contribution >= 4 is 11.6 Å². The first-order chi connectivity index (χ1) is 13.6. The van der Waals surface area contributed by atoms with Crippen molar-refractivity contribution in [3.05, 3.63) is 115 Å². The molecule has 0 heterocycles. The third kappa shape index (κ3) is 5.13. The fourth-order valence-electron chi connectivity index (χ4n) is 3.05. The van der Waals surface area contributed by atoms with E-state index in [1.165, 1.54) is 0 Å². The molecule has 0 saturated carbocycles. The van der Waals surface area contributed by atoms with E-state index in [0.717, 1.165) is 16.7 Å². The summed E-state index contributed by atoms with van der Waals surface area (Å²) >= 11 is 6.37. The number of hydrogen-bond acceptors (Lipinski definition) is 2. The van der Waals surface area contributed by atoms with Crippen LogP contribution in [0.2, 0.25) is 0 Å². The van der Waals surface area contributed by atoms with Crippen molar-refractivity contribution in [2.45, 2.75) is 17.4 Å². The molecule has 0 amide bonds. The monoisotopic (exact) mass is 390 g/mol. The zero-order chi connectivity index (χ0) is 19.8. The molecular weight excluding hydrogens is 368 g/mol. The van der Waals surface area contributed by atoms with E-state index in [2.05, 4.69) is 0 Å². The molecule has 0 fully saturated rings. The molecule has 0 aromatic heterocycles. The Labute approximate surface area is 171 Å². The minimum atomic E-state index is -0.698. The standard InChI is InChI=1S/C13H13ClO.C12H10O/c14-13(9-5-4-8-12(13)15)10-11-6-2-1-3-7-11;13-12-9-5-4-8-11(12)10-6-2-1-3-7-10/h1-9,12,15H,10H2;1-9,13H. The summed E-state index contributed by atoms with van der Waals surface area (Å²) in [6.45, 7) is 0. The maximum atomic E-state index is 9.82. The van der Waals surface area contributed by atoms with Gasteiger partial charge in [-0.15, -0.1) is 11.6 Å². The second-order valence-electron chi connectivity index (χ2n) is 6.66. The molecule has 3 aromatic rings. The van der Waals surface area contributed by atoms with Crippen LogP contribution in [-0.2, 0) is 6.42 Å². The number of phenolic OH excluding ortho intramolecular Hbond substituents is 1. The summed E-state index contributed by atoms with van der Waals surface area (Å²) in [5.74, 6) is 0.328. The summed E-state index contributed by atoms with van der Waals surface area (Å²) in [5, 5.41) is 19.4. The first-order valence-electron chi connectivity index (χ1n) is 9.19. The highest BCUT2D eigenvalue weighted by Crippen LogP contribution is 2.30. The van der Waals surface area contributed by atoms with E-state index in [1.807, 2.05) is 97.1 Å². The number of halogens is 1. The van der Waals surface area contributed by atoms with Crippen LogP contribution in [0.3, 0.4) is 0 Å². The Bertz CT molecular complexity index is 935. The predicted octanol–water partition coefficient (Wildman–Crippen LogP) is 5.75. The number of hydrogen-bond donors (Lipinski definition) is 2. The summed E-state index contributed by atoms with van der Waals surface area (Å²) in [6.07, 6.45) is 7.28. The lowest BCUT2D eigenvalue weighted by Gasteiger charge is -2.29. The van der Waals surface area contributed by atoms with Gasteiger partial charge in [0.15, 0.2) is 0 Å². The van der Waals surface area contributed by atoms with Gasteiger partial charge in [0.1, 0.15) is 5.75 Å². The lowest BCUT2D eigenvalue weighted by Crippen LogP contribution is -2.36. The largest absolute Gasteiger partial charge is 0.507 e. The van der Waals surface area contributed by atoms with Gasteiger partial charge in [-0.25, -0.2) is 0 Å². The van der Waals surface area contributed by atoms with E-state index in [0.29, 0.717) is 12.2 Å². The zero-order valence-corrected chi connectivity index (χ0v) is 16.2. The van der Waals surface area contributed by atoms with Crippen molar-refractivity contribution in [1.29, 1.82) is 0 Å². The smallest absolute Gasteiger partial charge is 0.123 e. The van der Waals surface area contributed by atoms with Crippen LogP contribution in [0, 0.1) is 0 Å². The van der Waals surface area contributed by atoms with Gasteiger partial charge in [0.2, 0.25) is 0 Å². The highest BCUT2D eigenvalue weighted by Gasteiger charge is 2.32. The molecule has 2 N–H and O–H groups in total. The van der Waals surface area contributed by atoms with E-state index < -0.39 is 11.0 Å². The highest BCUT2D eigenvalue weighted by atomic mass is 35.5. The van der Waals surface area contributed by atoms with Crippen LogP contribution in [0.5, 0.6) is 5.75 Å². The average molecular weight is 391 g/mol. The van der Waals surface area contributed by atoms with Gasteiger partial charge in [-0.05, 0) is 23.6 Å². The summed E-state index contributed by atoms with van der Waals surface area (Å²) in [4.78, 5) is -0.698. The van der Waals surface area contributed by atoms with E-state index >= 15 is 0 Å². The van der Waals surface area contributed by atoms with Crippen molar-refractivity contribution in [2.24, 2.45) is 0 Å². The number of benzene rings is 3. The Morgan fingerprint density at radius 3 is 2.04 bits per heavy atom. The second-order valence-corrected chi connectivity index (χ2v) is 7.36. The normalized spacial score (nSPS) is 20.3. The number of aromatic hydroxyl groups is 1. The number of aliphatic hydroxyl groups excluding tert-OH is 1. The second kappa shape index (κ2) is 9.41. The maximum Gasteiger partial charge on any atom is 0.123 e. The van der Waals surface area contributed by atoms with E-state index in [9.17, 15) is 10.2 Å². The molecule has 0 spiro atoms. The molecule has 0 saturated heterocycles. The van der Waals surface area contributed by atoms with Crippen LogP contribution in [0.15, 0.2) is 109 Å². The molecule has 3 heteroatoms. The molecule has 3 aromatic carbocycles. The van der Waals surface area contributed by atoms with Gasteiger partial charge < -0.3 is 10.2 Å². The molecule has 0 aliphatic heterocycles. The Morgan fingerprint density at radius 2 is 1.39 bits per heavy atom. The third-order valence-electron chi connectivity index (χ3n) is 4.58. The van der Waals surface area contributed by atoms with E-state index in [4.69, 9.17) is 11.6 Å². The van der Waals surface area contributed by atoms with E-state index in [-0.39, 0.29) is 0 Å². The summed E-state index contributed by atoms with van der Waals surface area (Å²) in [5.41, 5.74) is 3.05. The molecule has 142 valence electrons. The zero-order valence-electron chi connectivity index (χ0n) is 15.4. The molecule has 0 radical (unpaired) electrons. The number of phenols is 1. The van der Waals surface area contributed by atoms with Crippen LogP contribution in [0.4, 0.5) is 0 Å². The Kier molecular flexibility index (Phi) is 6.70. The highest BCUT2D eigenvalue weighted by molar-refractivity contribution is 6.26. The van der Waals surface area contributed by atoms with Crippen LogP contribution in [0.1, 0.15) is 5.56 Å². The van der Waals surface area contributed by atoms with Gasteiger partial charge in [0, 0.05) is 5.56 Å². The Hall–Kier alpha value is -2.81. The van der Waals surface area contributed by atoms with E-state index in [1.54, 1.807) is 12.1 Å². The van der Waals surface area contributed by atoms with Crippen LogP contribution in [-0.4, -0.2) is 21.2 Å². The summed E-state index contributed by atoms with van der Waals surface area (Å²) in [6, 6.07) is 27.1. The minimum Gasteiger partial charge on any atom is -0.507 e. The quantitative estimate of drug-likeness (QED) is 0.559. The molecule has 28 heavy (non-hydrogen) atoms. The first-order valence-corrected chi connectivity index (χ1v) is 9.57. The number of para-hydroxylation sites is 1. The van der Waals surface area contributed by atoms with Crippen molar-refractivity contribution in [3.8, 4) is 16.9 Å². The van der Waals surface area contributed by atoms with Gasteiger partial charge >= 0.3 is 0 Å². The Morgan fingerprint density at radius 1 is 0.786 bits per heavy atom.